The molecule has 1 aromatic heterocycles. The summed E-state index contributed by atoms with van der Waals surface area (Å²) in [5.74, 6) is 0. The molecule has 0 saturated carbocycles. The van der Waals surface area contributed by atoms with Gasteiger partial charge in [-0.15, -0.1) is 0 Å². The first-order valence-corrected chi connectivity index (χ1v) is 25.7. The van der Waals surface area contributed by atoms with E-state index in [1.165, 1.54) is 135 Å². The van der Waals surface area contributed by atoms with E-state index in [0.29, 0.717) is 0 Å². The predicted molar refractivity (Wildman–Crippen MR) is 292 cm³/mol. The van der Waals surface area contributed by atoms with Crippen molar-refractivity contribution in [1.82, 2.24) is 0 Å². The fourth-order valence-corrected chi connectivity index (χ4v) is 16.5. The van der Waals surface area contributed by atoms with Crippen LogP contribution in [0.4, 0.5) is 91.0 Å². The van der Waals surface area contributed by atoms with Crippen LogP contribution in [-0.4, -0.2) is 42.0 Å². The minimum atomic E-state index is -0.0317. The quantitative estimate of drug-likeness (QED) is 0.160. The summed E-state index contributed by atoms with van der Waals surface area (Å²) in [5.41, 5.74) is 30.8. The molecule has 0 bridgehead atoms. The number of fused-ring (bicyclic) bond motifs is 17. The molecule has 0 atom stereocenters. The van der Waals surface area contributed by atoms with Crippen LogP contribution in [0.15, 0.2) is 194 Å². The van der Waals surface area contributed by atoms with E-state index in [1.54, 1.807) is 8.67 Å². The number of anilines is 16. The molecule has 0 saturated heterocycles. The van der Waals surface area contributed by atoms with Crippen LogP contribution in [0.2, 0.25) is 0 Å². The van der Waals surface area contributed by atoms with Crippen molar-refractivity contribution in [2.75, 3.05) is 43.5 Å². The number of nitrogens with zero attached hydrogens (tertiary/aromatic N) is 6. The maximum atomic E-state index is 2.68. The molecule has 0 amide bonds. The Hall–Kier alpha value is -8.09. The number of hydrogen-bond donors (Lipinski definition) is 0. The summed E-state index contributed by atoms with van der Waals surface area (Å²) >= 11 is -0.0317. The van der Waals surface area contributed by atoms with Crippen LogP contribution in [0.5, 0.6) is 0 Å². The first kappa shape index (κ1) is 37.0. The molecule has 0 fully saturated rings. The summed E-state index contributed by atoms with van der Waals surface area (Å²) in [7, 11) is 4.50. The van der Waals surface area contributed by atoms with E-state index < -0.39 is 0 Å². The number of benzene rings is 9. The zero-order valence-corrected chi connectivity index (χ0v) is 39.4. The Labute approximate surface area is 407 Å². The summed E-state index contributed by atoms with van der Waals surface area (Å²) in [6.45, 7) is 0.126. The van der Waals surface area contributed by atoms with Gasteiger partial charge in [0.25, 0.3) is 0 Å². The van der Waals surface area contributed by atoms with E-state index in [9.17, 15) is 0 Å². The summed E-state index contributed by atoms with van der Waals surface area (Å²) in [5, 5.41) is 0. The van der Waals surface area contributed by atoms with Gasteiger partial charge in [0.15, 0.2) is 0 Å². The summed E-state index contributed by atoms with van der Waals surface area (Å²) < 4.78 is 3.10. The molecule has 0 aliphatic carbocycles. The molecule has 10 aromatic rings. The molecule has 9 aromatic carbocycles. The van der Waals surface area contributed by atoms with Gasteiger partial charge in [-0.2, -0.15) is 0 Å². The molecule has 6 nitrogen and oxygen atoms in total. The van der Waals surface area contributed by atoms with Crippen molar-refractivity contribution in [3.63, 3.8) is 0 Å². The Morgan fingerprint density at radius 3 is 1.22 bits per heavy atom. The van der Waals surface area contributed by atoms with E-state index >= 15 is 0 Å². The molecule has 0 radical (unpaired) electrons. The van der Waals surface area contributed by atoms with Crippen molar-refractivity contribution in [2.45, 2.75) is 0 Å². The van der Waals surface area contributed by atoms with Gasteiger partial charge < -0.3 is 0 Å². The van der Waals surface area contributed by atoms with Gasteiger partial charge in [0.05, 0.1) is 0 Å². The van der Waals surface area contributed by atoms with E-state index in [0.717, 1.165) is 0 Å². The number of hydrogen-bond acceptors (Lipinski definition) is 6. The van der Waals surface area contributed by atoms with Crippen molar-refractivity contribution in [1.29, 1.82) is 0 Å². The van der Waals surface area contributed by atoms with E-state index in [4.69, 9.17) is 0 Å². The second-order valence-corrected chi connectivity index (χ2v) is 21.6. The maximum absolute atomic E-state index is 2.68. The number of para-hydroxylation sites is 6. The van der Waals surface area contributed by atoms with Gasteiger partial charge >= 0.3 is 409 Å². The Bertz CT molecular complexity index is 3960. The van der Waals surface area contributed by atoms with Crippen LogP contribution in [0.25, 0.3) is 22.3 Å². The predicted octanol–water partition coefficient (Wildman–Crippen LogP) is 10.7. The first-order chi connectivity index (χ1) is 34.1. The van der Waals surface area contributed by atoms with Gasteiger partial charge in [-0.1, -0.05) is 0 Å². The van der Waals surface area contributed by atoms with Gasteiger partial charge in [0, 0.05) is 0 Å². The van der Waals surface area contributed by atoms with Crippen LogP contribution in [0.1, 0.15) is 0 Å². The molecule has 0 spiro atoms. The van der Waals surface area contributed by atoms with Gasteiger partial charge in [-0.05, 0) is 0 Å². The zero-order valence-electron chi connectivity index (χ0n) is 37.7. The van der Waals surface area contributed by atoms with Crippen LogP contribution < -0.4 is 59.9 Å². The minimum absolute atomic E-state index is 0.0317. The first-order valence-electron chi connectivity index (χ1n) is 24.0. The second-order valence-electron chi connectivity index (χ2n) is 19.3. The van der Waals surface area contributed by atoms with Crippen molar-refractivity contribution in [3.05, 3.63) is 194 Å². The molecule has 9 heteroatoms. The molecule has 7 aliphatic heterocycles. The molecule has 0 unspecified atom stereocenters. The monoisotopic (exact) mass is 944 g/mol. The Morgan fingerprint density at radius 2 is 0.681 bits per heavy atom. The Morgan fingerprint density at radius 1 is 0.290 bits per heavy atom. The molecule has 17 rings (SSSR count). The summed E-state index contributed by atoms with van der Waals surface area (Å²) in [6, 6.07) is 73.3. The third kappa shape index (κ3) is 4.43. The standard InChI is InChI=1S/C60H38B2N6Se/c1-63-42-19-9-11-21-44(42)65-41-28-26-37(35-15-5-3-6-16-35)33-40(41)62-54-49(30-31-50(63)55(54)65)67-47-24-14-13-23-46(47)66-48-29-32-51-56-53(48)61(59-57(66)58(67)60(62)69-59)39-27-25-38(36-17-7-4-8-18-36)34-52(39)68(56)45-22-12-10-20-43(45)64(51)2/h3-34H,1-2H3. The molecule has 7 aliphatic rings. The van der Waals surface area contributed by atoms with Crippen LogP contribution in [0.3, 0.4) is 0 Å². The van der Waals surface area contributed by atoms with Crippen molar-refractivity contribution >= 4 is 149 Å². The SMILES string of the molecule is CN1c2ccccc2N2c3ccc(-c4ccccc4)cc3B3c4[se]c5c6c4N(c4ccccc4N6c4ccc6c7c4B5c4ccc(-c5ccccc5)cc4N7c4ccccc4N6C)c4ccc1c2c43. The molecule has 320 valence electrons. The summed E-state index contributed by atoms with van der Waals surface area (Å²) in [4.78, 5) is 15.4. The van der Waals surface area contributed by atoms with Crippen LogP contribution in [0, 0.1) is 0 Å². The molecule has 69 heavy (non-hydrogen) atoms. The van der Waals surface area contributed by atoms with Gasteiger partial charge in [0.1, 0.15) is 0 Å². The topological polar surface area (TPSA) is 19.4 Å². The van der Waals surface area contributed by atoms with Crippen molar-refractivity contribution in [2.24, 2.45) is 0 Å². The second kappa shape index (κ2) is 12.9. The average Bonchev–Trinajstić information content (AvgIpc) is 3.81. The Kier molecular flexibility index (Phi) is 6.91. The molecule has 0 N–H and O–H groups in total. The molecular formula is C60H38B2N6Se. The van der Waals surface area contributed by atoms with Gasteiger partial charge in [0.2, 0.25) is 0 Å². The molecule has 8 heterocycles. The number of rotatable bonds is 2. The average molecular weight is 944 g/mol. The molecular weight excluding hydrogens is 905 g/mol. The zero-order chi connectivity index (χ0) is 45.0. The van der Waals surface area contributed by atoms with E-state index in [2.05, 4.69) is 238 Å². The van der Waals surface area contributed by atoms with E-state index in [-0.39, 0.29) is 27.9 Å². The van der Waals surface area contributed by atoms with Crippen LogP contribution >= 0.6 is 0 Å². The third-order valence-electron chi connectivity index (χ3n) is 16.2. The van der Waals surface area contributed by atoms with Crippen molar-refractivity contribution < 1.29 is 0 Å². The van der Waals surface area contributed by atoms with Crippen molar-refractivity contribution in [3.8, 4) is 22.3 Å². The fourth-order valence-electron chi connectivity index (χ4n) is 13.3. The van der Waals surface area contributed by atoms with Gasteiger partial charge in [-0.25, -0.2) is 0 Å². The summed E-state index contributed by atoms with van der Waals surface area (Å²) in [6.07, 6.45) is 0. The van der Waals surface area contributed by atoms with Gasteiger partial charge in [-0.3, -0.25) is 0 Å². The third-order valence-corrected chi connectivity index (χ3v) is 18.9. The van der Waals surface area contributed by atoms with E-state index in [1.807, 2.05) is 0 Å². The normalized spacial score (nSPS) is 14.9. The Balaban J connectivity index is 0.992. The van der Waals surface area contributed by atoms with Crippen LogP contribution in [-0.2, 0) is 0 Å². The fraction of sp³-hybridized carbons (Fsp3) is 0.0333.